The van der Waals surface area contributed by atoms with Crippen LogP contribution in [0.5, 0.6) is 0 Å². The van der Waals surface area contributed by atoms with Crippen molar-refractivity contribution in [1.29, 1.82) is 0 Å². The Kier molecular flexibility index (Phi) is 3.08. The maximum Gasteiger partial charge on any atom is 0.0871 e. The molecule has 0 fully saturated rings. The topological polar surface area (TPSA) is 32.6 Å². The highest BCUT2D eigenvalue weighted by molar-refractivity contribution is 6.02. The third-order valence-electron chi connectivity index (χ3n) is 3.92. The Bertz CT molecular complexity index is 613. The van der Waals surface area contributed by atoms with Gasteiger partial charge in [0.1, 0.15) is 0 Å². The molecule has 0 aromatic heterocycles. The molecule has 1 unspecified atom stereocenters. The van der Waals surface area contributed by atoms with Crippen LogP contribution >= 0.6 is 0 Å². The van der Waals surface area contributed by atoms with Crippen LogP contribution in [0, 0.1) is 6.92 Å². The van der Waals surface area contributed by atoms with Crippen molar-refractivity contribution < 1.29 is 5.21 Å². The number of nitrogens with zero attached hydrogens (tertiary/aromatic N) is 1. The monoisotopic (exact) mass is 251 g/mol. The second kappa shape index (κ2) is 4.88. The molecular weight excluding hydrogens is 234 g/mol. The standard InChI is InChI=1S/C17H17NO/c1-12-6-8-13(9-7-12)14-10-11-17(18-19)16-5-3-2-4-15(14)16/h2-9,14,19H,10-11H2,1H3. The molecule has 2 aromatic rings. The van der Waals surface area contributed by atoms with Crippen molar-refractivity contribution in [2.75, 3.05) is 0 Å². The first-order valence-electron chi connectivity index (χ1n) is 6.66. The summed E-state index contributed by atoms with van der Waals surface area (Å²) in [4.78, 5) is 0. The lowest BCUT2D eigenvalue weighted by Gasteiger charge is -2.26. The zero-order valence-electron chi connectivity index (χ0n) is 11.0. The number of oxime groups is 1. The molecule has 0 radical (unpaired) electrons. The lowest BCUT2D eigenvalue weighted by Crippen LogP contribution is -2.17. The van der Waals surface area contributed by atoms with E-state index in [4.69, 9.17) is 5.21 Å². The molecule has 2 aromatic carbocycles. The smallest absolute Gasteiger partial charge is 0.0871 e. The van der Waals surface area contributed by atoms with Crippen molar-refractivity contribution in [1.82, 2.24) is 0 Å². The van der Waals surface area contributed by atoms with E-state index in [0.29, 0.717) is 5.92 Å². The lowest BCUT2D eigenvalue weighted by molar-refractivity contribution is 0.317. The van der Waals surface area contributed by atoms with Gasteiger partial charge in [-0.2, -0.15) is 0 Å². The molecule has 0 aliphatic heterocycles. The van der Waals surface area contributed by atoms with Crippen LogP contribution in [-0.4, -0.2) is 10.9 Å². The fourth-order valence-corrected chi connectivity index (χ4v) is 2.88. The second-order valence-corrected chi connectivity index (χ2v) is 5.14. The summed E-state index contributed by atoms with van der Waals surface area (Å²) in [7, 11) is 0. The SMILES string of the molecule is Cc1ccc(C2CCC(=NO)c3ccccc32)cc1. The molecule has 2 nitrogen and oxygen atoms in total. The summed E-state index contributed by atoms with van der Waals surface area (Å²) in [5.74, 6) is 0.405. The Labute approximate surface area is 113 Å². The zero-order chi connectivity index (χ0) is 13.2. The minimum absolute atomic E-state index is 0.405. The van der Waals surface area contributed by atoms with Crippen molar-refractivity contribution in [2.24, 2.45) is 5.16 Å². The Balaban J connectivity index is 2.07. The molecule has 0 spiro atoms. The largest absolute Gasteiger partial charge is 0.411 e. The van der Waals surface area contributed by atoms with Crippen LogP contribution in [0.1, 0.15) is 41.0 Å². The van der Waals surface area contributed by atoms with E-state index < -0.39 is 0 Å². The quantitative estimate of drug-likeness (QED) is 0.600. The number of benzene rings is 2. The molecule has 1 aliphatic rings. The summed E-state index contributed by atoms with van der Waals surface area (Å²) >= 11 is 0. The van der Waals surface area contributed by atoms with Gasteiger partial charge in [0.05, 0.1) is 5.71 Å². The average molecular weight is 251 g/mol. The minimum Gasteiger partial charge on any atom is -0.411 e. The van der Waals surface area contributed by atoms with Crippen LogP contribution in [0.2, 0.25) is 0 Å². The van der Waals surface area contributed by atoms with Crippen LogP contribution in [0.3, 0.4) is 0 Å². The van der Waals surface area contributed by atoms with Crippen LogP contribution in [0.25, 0.3) is 0 Å². The molecule has 19 heavy (non-hydrogen) atoms. The van der Waals surface area contributed by atoms with Crippen LogP contribution < -0.4 is 0 Å². The summed E-state index contributed by atoms with van der Waals surface area (Å²) < 4.78 is 0. The van der Waals surface area contributed by atoms with Crippen molar-refractivity contribution in [3.8, 4) is 0 Å². The van der Waals surface area contributed by atoms with Gasteiger partial charge in [-0.1, -0.05) is 59.3 Å². The molecule has 0 amide bonds. The number of aryl methyl sites for hydroxylation is 1. The molecule has 96 valence electrons. The zero-order valence-corrected chi connectivity index (χ0v) is 11.0. The van der Waals surface area contributed by atoms with Gasteiger partial charge in [-0.25, -0.2) is 0 Å². The van der Waals surface area contributed by atoms with Crippen LogP contribution in [0.4, 0.5) is 0 Å². The molecule has 1 atom stereocenters. The maximum absolute atomic E-state index is 9.12. The van der Waals surface area contributed by atoms with Crippen molar-refractivity contribution in [2.45, 2.75) is 25.7 Å². The lowest BCUT2D eigenvalue weighted by atomic mass is 9.78. The Morgan fingerprint density at radius 2 is 1.79 bits per heavy atom. The summed E-state index contributed by atoms with van der Waals surface area (Å²) in [5, 5.41) is 12.6. The van der Waals surface area contributed by atoms with Gasteiger partial charge in [0.2, 0.25) is 0 Å². The summed E-state index contributed by atoms with van der Waals surface area (Å²) in [6.45, 7) is 2.11. The van der Waals surface area contributed by atoms with Gasteiger partial charge < -0.3 is 5.21 Å². The predicted octanol–water partition coefficient (Wildman–Crippen LogP) is 4.10. The van der Waals surface area contributed by atoms with Gasteiger partial charge in [0.15, 0.2) is 0 Å². The highest BCUT2D eigenvalue weighted by Gasteiger charge is 2.25. The van der Waals surface area contributed by atoms with Gasteiger partial charge in [0.25, 0.3) is 0 Å². The van der Waals surface area contributed by atoms with E-state index in [1.807, 2.05) is 12.1 Å². The predicted molar refractivity (Wildman–Crippen MR) is 77.0 cm³/mol. The van der Waals surface area contributed by atoms with Gasteiger partial charge in [-0.3, -0.25) is 0 Å². The van der Waals surface area contributed by atoms with Crippen molar-refractivity contribution in [3.05, 3.63) is 70.8 Å². The van der Waals surface area contributed by atoms with E-state index in [9.17, 15) is 0 Å². The van der Waals surface area contributed by atoms with E-state index in [-0.39, 0.29) is 0 Å². The molecule has 1 aliphatic carbocycles. The summed E-state index contributed by atoms with van der Waals surface area (Å²) in [6, 6.07) is 17.0. The summed E-state index contributed by atoms with van der Waals surface area (Å²) in [6.07, 6.45) is 1.82. The molecule has 2 heteroatoms. The van der Waals surface area contributed by atoms with E-state index in [2.05, 4.69) is 48.5 Å². The number of fused-ring (bicyclic) bond motifs is 1. The number of rotatable bonds is 1. The summed E-state index contributed by atoms with van der Waals surface area (Å²) in [5.41, 5.74) is 5.78. The fourth-order valence-electron chi connectivity index (χ4n) is 2.88. The Hall–Kier alpha value is -2.09. The average Bonchev–Trinajstić information content (AvgIpc) is 2.47. The van der Waals surface area contributed by atoms with Gasteiger partial charge in [-0.15, -0.1) is 0 Å². The number of hydrogen-bond acceptors (Lipinski definition) is 2. The van der Waals surface area contributed by atoms with E-state index in [1.54, 1.807) is 0 Å². The molecule has 1 N–H and O–H groups in total. The van der Waals surface area contributed by atoms with E-state index in [1.165, 1.54) is 16.7 Å². The van der Waals surface area contributed by atoms with E-state index >= 15 is 0 Å². The normalized spacial score (nSPS) is 20.3. The first-order valence-corrected chi connectivity index (χ1v) is 6.66. The molecule has 0 saturated heterocycles. The highest BCUT2D eigenvalue weighted by atomic mass is 16.4. The maximum atomic E-state index is 9.12. The second-order valence-electron chi connectivity index (χ2n) is 5.14. The van der Waals surface area contributed by atoms with E-state index in [0.717, 1.165) is 24.1 Å². The van der Waals surface area contributed by atoms with Gasteiger partial charge in [0, 0.05) is 11.5 Å². The first kappa shape index (κ1) is 12.0. The van der Waals surface area contributed by atoms with Crippen molar-refractivity contribution >= 4 is 5.71 Å². The molecule has 0 heterocycles. The minimum atomic E-state index is 0.405. The highest BCUT2D eigenvalue weighted by Crippen LogP contribution is 2.36. The third kappa shape index (κ3) is 2.14. The molecule has 0 saturated carbocycles. The third-order valence-corrected chi connectivity index (χ3v) is 3.92. The van der Waals surface area contributed by atoms with Crippen molar-refractivity contribution in [3.63, 3.8) is 0 Å². The van der Waals surface area contributed by atoms with Gasteiger partial charge in [-0.05, 0) is 30.9 Å². The molecule has 3 rings (SSSR count). The molecule has 0 bridgehead atoms. The molecular formula is C17H17NO. The van der Waals surface area contributed by atoms with Gasteiger partial charge >= 0.3 is 0 Å². The first-order chi connectivity index (χ1) is 9.29. The fraction of sp³-hybridized carbons (Fsp3) is 0.235. The number of hydrogen-bond donors (Lipinski definition) is 1. The van der Waals surface area contributed by atoms with Crippen LogP contribution in [0.15, 0.2) is 53.7 Å². The Morgan fingerprint density at radius 1 is 1.05 bits per heavy atom. The van der Waals surface area contributed by atoms with Crippen LogP contribution in [-0.2, 0) is 0 Å². The Morgan fingerprint density at radius 3 is 2.53 bits per heavy atom.